The molecule has 1 rings (SSSR count). The van der Waals surface area contributed by atoms with Gasteiger partial charge in [0.15, 0.2) is 0 Å². The van der Waals surface area contributed by atoms with Crippen LogP contribution >= 0.6 is 0 Å². The van der Waals surface area contributed by atoms with E-state index in [0.29, 0.717) is 5.56 Å². The van der Waals surface area contributed by atoms with Gasteiger partial charge in [0, 0.05) is 16.9 Å². The first-order chi connectivity index (χ1) is 8.21. The van der Waals surface area contributed by atoms with Crippen LogP contribution in [0.5, 0.6) is 0 Å². The fourth-order valence-corrected chi connectivity index (χ4v) is 2.19. The van der Waals surface area contributed by atoms with Gasteiger partial charge in [0.1, 0.15) is 10.6 Å². The van der Waals surface area contributed by atoms with Crippen LogP contribution < -0.4 is 10.5 Å². The Hall–Kier alpha value is -1.04. The van der Waals surface area contributed by atoms with Gasteiger partial charge in [0.2, 0.25) is 0 Å². The molecule has 100 valence electrons. The Morgan fingerprint density at radius 3 is 2.56 bits per heavy atom. The Labute approximate surface area is 112 Å². The predicted octanol–water partition coefficient (Wildman–Crippen LogP) is 2.08. The Morgan fingerprint density at radius 2 is 2.06 bits per heavy atom. The minimum Gasteiger partial charge on any atom is -0.598 e. The Kier molecular flexibility index (Phi) is 4.78. The fourth-order valence-electron chi connectivity index (χ4n) is 1.38. The van der Waals surface area contributed by atoms with Crippen molar-refractivity contribution in [1.29, 1.82) is 5.41 Å². The smallest absolute Gasteiger partial charge is 0.136 e. The second-order valence-corrected chi connectivity index (χ2v) is 7.26. The van der Waals surface area contributed by atoms with Gasteiger partial charge in [-0.25, -0.2) is 0 Å². The summed E-state index contributed by atoms with van der Waals surface area (Å²) in [6.07, 6.45) is 0. The molecule has 0 aliphatic heterocycles. The van der Waals surface area contributed by atoms with Crippen LogP contribution in [0.1, 0.15) is 44.9 Å². The van der Waals surface area contributed by atoms with Gasteiger partial charge in [0.25, 0.3) is 0 Å². The van der Waals surface area contributed by atoms with E-state index in [9.17, 15) is 4.55 Å². The number of nitrogen functional groups attached to an aromatic ring is 1. The summed E-state index contributed by atoms with van der Waals surface area (Å²) in [6, 6.07) is 7.37. The van der Waals surface area contributed by atoms with Crippen molar-refractivity contribution in [2.24, 2.45) is 5.73 Å². The molecule has 0 unspecified atom stereocenters. The minimum atomic E-state index is -1.12. The molecular weight excluding hydrogens is 246 g/mol. The minimum absolute atomic E-state index is 0.0426. The van der Waals surface area contributed by atoms with Crippen LogP contribution in [0, 0.1) is 5.41 Å². The van der Waals surface area contributed by atoms with E-state index in [1.54, 1.807) is 6.07 Å². The summed E-state index contributed by atoms with van der Waals surface area (Å²) in [5, 5.41) is 7.41. The quantitative estimate of drug-likeness (QED) is 0.443. The maximum atomic E-state index is 12.0. The number of nitrogens with two attached hydrogens (primary N) is 1. The van der Waals surface area contributed by atoms with Gasteiger partial charge in [-0.2, -0.15) is 0 Å². The maximum absolute atomic E-state index is 12.0. The molecule has 0 amide bonds. The van der Waals surface area contributed by atoms with E-state index in [-0.39, 0.29) is 16.6 Å². The third-order valence-electron chi connectivity index (χ3n) is 2.54. The highest BCUT2D eigenvalue weighted by Gasteiger charge is 2.28. The third-order valence-corrected chi connectivity index (χ3v) is 4.22. The first-order valence-electron chi connectivity index (χ1n) is 5.84. The van der Waals surface area contributed by atoms with E-state index in [2.05, 4.69) is 4.72 Å². The van der Waals surface area contributed by atoms with Gasteiger partial charge in [-0.05, 0) is 39.3 Å². The molecule has 4 nitrogen and oxygen atoms in total. The van der Waals surface area contributed by atoms with Gasteiger partial charge in [-0.1, -0.05) is 18.2 Å². The lowest BCUT2D eigenvalue weighted by atomic mass is 10.1. The van der Waals surface area contributed by atoms with Crippen LogP contribution in [0.15, 0.2) is 24.3 Å². The lowest BCUT2D eigenvalue weighted by molar-refractivity contribution is 0.531. The second kappa shape index (κ2) is 5.73. The lowest BCUT2D eigenvalue weighted by Gasteiger charge is -2.26. The molecular formula is C13H21N3OS. The number of hydrogen-bond acceptors (Lipinski definition) is 3. The zero-order chi connectivity index (χ0) is 13.9. The van der Waals surface area contributed by atoms with Gasteiger partial charge in [-0.15, -0.1) is 4.72 Å². The first-order valence-corrected chi connectivity index (χ1v) is 6.99. The molecule has 2 atom stereocenters. The normalized spacial score (nSPS) is 15.2. The molecule has 18 heavy (non-hydrogen) atoms. The van der Waals surface area contributed by atoms with Gasteiger partial charge in [-0.3, -0.25) is 5.41 Å². The van der Waals surface area contributed by atoms with Crippen LogP contribution in [-0.4, -0.2) is 15.1 Å². The molecule has 0 aliphatic rings. The molecule has 0 bridgehead atoms. The molecule has 1 aromatic rings. The molecule has 4 N–H and O–H groups in total. The predicted molar refractivity (Wildman–Crippen MR) is 76.9 cm³/mol. The van der Waals surface area contributed by atoms with Crippen molar-refractivity contribution in [3.63, 3.8) is 0 Å². The average molecular weight is 267 g/mol. The zero-order valence-corrected chi connectivity index (χ0v) is 12.1. The largest absolute Gasteiger partial charge is 0.598 e. The van der Waals surface area contributed by atoms with Crippen LogP contribution in [0.2, 0.25) is 0 Å². The van der Waals surface area contributed by atoms with E-state index < -0.39 is 11.4 Å². The molecule has 0 saturated heterocycles. The van der Waals surface area contributed by atoms with Gasteiger partial charge < -0.3 is 10.3 Å². The lowest BCUT2D eigenvalue weighted by Crippen LogP contribution is -2.40. The SMILES string of the molecule is C[C@H](N[S@+]([O-])C(C)(C)C)c1cccc(C(=N)N)c1. The van der Waals surface area contributed by atoms with E-state index in [0.717, 1.165) is 5.56 Å². The second-order valence-electron chi connectivity index (χ2n) is 5.26. The molecule has 0 fully saturated rings. The van der Waals surface area contributed by atoms with Crippen molar-refractivity contribution in [3.05, 3.63) is 35.4 Å². The zero-order valence-electron chi connectivity index (χ0n) is 11.3. The standard InChI is InChI=1S/C13H21N3OS/c1-9(16-18(17)13(2,3)4)10-6-5-7-11(8-10)12(14)15/h5-9,16H,1-4H3,(H3,14,15)/t9-,18+/m0/s1. The number of benzene rings is 1. The molecule has 0 spiro atoms. The van der Waals surface area contributed by atoms with E-state index in [4.69, 9.17) is 11.1 Å². The highest BCUT2D eigenvalue weighted by atomic mass is 32.2. The van der Waals surface area contributed by atoms with Crippen molar-refractivity contribution in [3.8, 4) is 0 Å². The maximum Gasteiger partial charge on any atom is 0.136 e. The van der Waals surface area contributed by atoms with E-state index in [1.807, 2.05) is 45.9 Å². The summed E-state index contributed by atoms with van der Waals surface area (Å²) in [7, 11) is 0. The number of nitrogens with one attached hydrogen (secondary N) is 2. The fraction of sp³-hybridized carbons (Fsp3) is 0.462. The van der Waals surface area contributed by atoms with Crippen molar-refractivity contribution >= 4 is 17.2 Å². The molecule has 0 heterocycles. The van der Waals surface area contributed by atoms with E-state index >= 15 is 0 Å². The van der Waals surface area contributed by atoms with Crippen molar-refractivity contribution in [1.82, 2.24) is 4.72 Å². The number of rotatable bonds is 4. The van der Waals surface area contributed by atoms with Crippen molar-refractivity contribution in [2.45, 2.75) is 38.5 Å². The van der Waals surface area contributed by atoms with Crippen LogP contribution in [0.25, 0.3) is 0 Å². The molecule has 0 saturated carbocycles. The topological polar surface area (TPSA) is 85.0 Å². The summed E-state index contributed by atoms with van der Waals surface area (Å²) >= 11 is -1.12. The summed E-state index contributed by atoms with van der Waals surface area (Å²) in [6.45, 7) is 7.72. The highest BCUT2D eigenvalue weighted by molar-refractivity contribution is 7.90. The Balaban J connectivity index is 2.81. The molecule has 5 heteroatoms. The third kappa shape index (κ3) is 4.01. The molecule has 1 aromatic carbocycles. The number of hydrogen-bond donors (Lipinski definition) is 3. The number of amidine groups is 1. The summed E-state index contributed by atoms with van der Waals surface area (Å²) in [5.74, 6) is 0.0426. The highest BCUT2D eigenvalue weighted by Crippen LogP contribution is 2.20. The monoisotopic (exact) mass is 267 g/mol. The summed E-state index contributed by atoms with van der Waals surface area (Å²) in [4.78, 5) is 0. The van der Waals surface area contributed by atoms with Crippen LogP contribution in [0.4, 0.5) is 0 Å². The Morgan fingerprint density at radius 1 is 1.44 bits per heavy atom. The molecule has 0 aliphatic carbocycles. The summed E-state index contributed by atoms with van der Waals surface area (Å²) < 4.78 is 14.8. The first kappa shape index (κ1) is 15.0. The van der Waals surface area contributed by atoms with Crippen molar-refractivity contribution < 1.29 is 4.55 Å². The summed E-state index contributed by atoms with van der Waals surface area (Å²) in [5.41, 5.74) is 7.11. The van der Waals surface area contributed by atoms with Crippen LogP contribution in [-0.2, 0) is 11.4 Å². The van der Waals surface area contributed by atoms with Gasteiger partial charge in [0.05, 0.1) is 6.04 Å². The molecule has 0 radical (unpaired) electrons. The van der Waals surface area contributed by atoms with E-state index in [1.165, 1.54) is 0 Å². The van der Waals surface area contributed by atoms with Gasteiger partial charge >= 0.3 is 0 Å². The average Bonchev–Trinajstić information content (AvgIpc) is 2.27. The van der Waals surface area contributed by atoms with Crippen molar-refractivity contribution in [2.75, 3.05) is 0 Å². The molecule has 0 aromatic heterocycles. The Bertz CT molecular complexity index is 428. The van der Waals surface area contributed by atoms with Crippen LogP contribution in [0.3, 0.4) is 0 Å².